The van der Waals surface area contributed by atoms with Gasteiger partial charge in [-0.25, -0.2) is 0 Å². The van der Waals surface area contributed by atoms with Gasteiger partial charge in [0.15, 0.2) is 0 Å². The van der Waals surface area contributed by atoms with Crippen LogP contribution in [0.5, 0.6) is 0 Å². The smallest absolute Gasteiger partial charge is 0.223 e. The molecular weight excluding hydrogens is 202 g/mol. The predicted molar refractivity (Wildman–Crippen MR) is 64.0 cm³/mol. The monoisotopic (exact) mass is 221 g/mol. The largest absolute Gasteiger partial charge is 0.340 e. The van der Waals surface area contributed by atoms with Crippen LogP contribution < -0.4 is 5.32 Å². The number of carbonyl (C=O) groups is 1. The highest BCUT2D eigenvalue weighted by Crippen LogP contribution is 2.02. The van der Waals surface area contributed by atoms with E-state index in [9.17, 15) is 4.79 Å². The van der Waals surface area contributed by atoms with Gasteiger partial charge in [-0.1, -0.05) is 6.07 Å². The first kappa shape index (κ1) is 12.6. The number of hydrogen-bond donors (Lipinski definition) is 1. The molecule has 1 rings (SSSR count). The van der Waals surface area contributed by atoms with Crippen LogP contribution in [0.2, 0.25) is 0 Å². The zero-order valence-electron chi connectivity index (χ0n) is 10.2. The molecule has 0 aromatic carbocycles. The number of aryl methyl sites for hydroxylation is 1. The van der Waals surface area contributed by atoms with E-state index in [0.717, 1.165) is 11.4 Å². The molecule has 0 saturated heterocycles. The maximum absolute atomic E-state index is 11.6. The lowest BCUT2D eigenvalue weighted by Gasteiger charge is -2.16. The Kier molecular flexibility index (Phi) is 4.92. The Morgan fingerprint density at radius 2 is 2.25 bits per heavy atom. The highest BCUT2D eigenvalue weighted by molar-refractivity contribution is 5.75. The third-order valence-corrected chi connectivity index (χ3v) is 2.36. The number of amides is 1. The SMILES string of the molecule is CNCCC(=O)N(C)Cc1cccc(C)n1. The van der Waals surface area contributed by atoms with Crippen molar-refractivity contribution in [1.29, 1.82) is 0 Å². The van der Waals surface area contributed by atoms with Gasteiger partial charge >= 0.3 is 0 Å². The molecule has 1 aromatic heterocycles. The van der Waals surface area contributed by atoms with E-state index in [1.54, 1.807) is 4.90 Å². The van der Waals surface area contributed by atoms with E-state index in [0.29, 0.717) is 19.5 Å². The summed E-state index contributed by atoms with van der Waals surface area (Å²) in [6, 6.07) is 5.85. The van der Waals surface area contributed by atoms with Crippen molar-refractivity contribution >= 4 is 5.91 Å². The van der Waals surface area contributed by atoms with Gasteiger partial charge in [-0.2, -0.15) is 0 Å². The molecule has 1 heterocycles. The van der Waals surface area contributed by atoms with Crippen molar-refractivity contribution in [1.82, 2.24) is 15.2 Å². The van der Waals surface area contributed by atoms with Gasteiger partial charge in [-0.3, -0.25) is 9.78 Å². The Hall–Kier alpha value is -1.42. The zero-order chi connectivity index (χ0) is 12.0. The van der Waals surface area contributed by atoms with Gasteiger partial charge in [0.2, 0.25) is 5.91 Å². The summed E-state index contributed by atoms with van der Waals surface area (Å²) in [5, 5.41) is 2.96. The van der Waals surface area contributed by atoms with Crippen molar-refractivity contribution in [2.45, 2.75) is 19.9 Å². The van der Waals surface area contributed by atoms with Crippen molar-refractivity contribution in [3.8, 4) is 0 Å². The highest BCUT2D eigenvalue weighted by atomic mass is 16.2. The van der Waals surface area contributed by atoms with Crippen LogP contribution in [0.4, 0.5) is 0 Å². The van der Waals surface area contributed by atoms with Crippen molar-refractivity contribution < 1.29 is 4.79 Å². The molecule has 0 aliphatic heterocycles. The standard InChI is InChI=1S/C12H19N3O/c1-10-5-4-6-11(14-10)9-15(3)12(16)7-8-13-2/h4-6,13H,7-9H2,1-3H3. The topological polar surface area (TPSA) is 45.2 Å². The Balaban J connectivity index is 2.50. The van der Waals surface area contributed by atoms with Crippen molar-refractivity contribution in [3.05, 3.63) is 29.6 Å². The summed E-state index contributed by atoms with van der Waals surface area (Å²) in [5.41, 5.74) is 1.91. The van der Waals surface area contributed by atoms with Gasteiger partial charge in [0, 0.05) is 25.7 Å². The van der Waals surface area contributed by atoms with Gasteiger partial charge in [-0.05, 0) is 26.1 Å². The second-order valence-corrected chi connectivity index (χ2v) is 3.87. The van der Waals surface area contributed by atoms with E-state index in [4.69, 9.17) is 0 Å². The molecule has 88 valence electrons. The van der Waals surface area contributed by atoms with Crippen LogP contribution in [0.1, 0.15) is 17.8 Å². The summed E-state index contributed by atoms with van der Waals surface area (Å²) in [6.45, 7) is 3.24. The Labute approximate surface area is 96.7 Å². The first-order valence-corrected chi connectivity index (χ1v) is 5.44. The molecule has 1 aromatic rings. The molecule has 16 heavy (non-hydrogen) atoms. The van der Waals surface area contributed by atoms with Gasteiger partial charge < -0.3 is 10.2 Å². The summed E-state index contributed by atoms with van der Waals surface area (Å²) in [7, 11) is 3.65. The summed E-state index contributed by atoms with van der Waals surface area (Å²) in [6.07, 6.45) is 0.527. The average Bonchev–Trinajstić information content (AvgIpc) is 2.25. The van der Waals surface area contributed by atoms with E-state index < -0.39 is 0 Å². The van der Waals surface area contributed by atoms with Crippen LogP contribution >= 0.6 is 0 Å². The van der Waals surface area contributed by atoms with Gasteiger partial charge in [-0.15, -0.1) is 0 Å². The molecule has 0 aliphatic carbocycles. The molecular formula is C12H19N3O. The van der Waals surface area contributed by atoms with E-state index in [2.05, 4.69) is 10.3 Å². The average molecular weight is 221 g/mol. The molecule has 1 amide bonds. The van der Waals surface area contributed by atoms with Crippen LogP contribution in [0.3, 0.4) is 0 Å². The molecule has 0 spiro atoms. The van der Waals surface area contributed by atoms with Gasteiger partial charge in [0.05, 0.1) is 12.2 Å². The summed E-state index contributed by atoms with van der Waals surface area (Å²) >= 11 is 0. The summed E-state index contributed by atoms with van der Waals surface area (Å²) in [5.74, 6) is 0.137. The van der Waals surface area contributed by atoms with E-state index in [1.807, 2.05) is 39.2 Å². The van der Waals surface area contributed by atoms with Crippen molar-refractivity contribution in [2.24, 2.45) is 0 Å². The molecule has 0 unspecified atom stereocenters. The molecule has 0 aliphatic rings. The Morgan fingerprint density at radius 3 is 2.88 bits per heavy atom. The number of aromatic nitrogens is 1. The number of rotatable bonds is 5. The number of nitrogens with one attached hydrogen (secondary N) is 1. The normalized spacial score (nSPS) is 10.2. The molecule has 4 nitrogen and oxygen atoms in total. The Morgan fingerprint density at radius 1 is 1.50 bits per heavy atom. The van der Waals surface area contributed by atoms with Crippen LogP contribution in [0, 0.1) is 6.92 Å². The van der Waals surface area contributed by atoms with Crippen LogP contribution in [0.25, 0.3) is 0 Å². The number of nitrogens with zero attached hydrogens (tertiary/aromatic N) is 2. The maximum atomic E-state index is 11.6. The van der Waals surface area contributed by atoms with Crippen LogP contribution in [0.15, 0.2) is 18.2 Å². The quantitative estimate of drug-likeness (QED) is 0.805. The number of carbonyl (C=O) groups excluding carboxylic acids is 1. The number of pyridine rings is 1. The van der Waals surface area contributed by atoms with Crippen molar-refractivity contribution in [2.75, 3.05) is 20.6 Å². The summed E-state index contributed by atoms with van der Waals surface area (Å²) < 4.78 is 0. The number of hydrogen-bond acceptors (Lipinski definition) is 3. The maximum Gasteiger partial charge on any atom is 0.223 e. The fourth-order valence-electron chi connectivity index (χ4n) is 1.44. The summed E-state index contributed by atoms with van der Waals surface area (Å²) in [4.78, 5) is 17.7. The highest BCUT2D eigenvalue weighted by Gasteiger charge is 2.08. The minimum absolute atomic E-state index is 0.137. The van der Waals surface area contributed by atoms with E-state index >= 15 is 0 Å². The second-order valence-electron chi connectivity index (χ2n) is 3.87. The molecule has 0 radical (unpaired) electrons. The van der Waals surface area contributed by atoms with E-state index in [-0.39, 0.29) is 5.91 Å². The second kappa shape index (κ2) is 6.23. The lowest BCUT2D eigenvalue weighted by molar-refractivity contribution is -0.130. The van der Waals surface area contributed by atoms with Crippen LogP contribution in [-0.2, 0) is 11.3 Å². The van der Waals surface area contributed by atoms with E-state index in [1.165, 1.54) is 0 Å². The third kappa shape index (κ3) is 3.98. The Bertz CT molecular complexity index is 352. The lowest BCUT2D eigenvalue weighted by atomic mass is 10.3. The molecule has 1 N–H and O–H groups in total. The third-order valence-electron chi connectivity index (χ3n) is 2.36. The fourth-order valence-corrected chi connectivity index (χ4v) is 1.44. The first-order chi connectivity index (χ1) is 7.63. The molecule has 0 atom stereocenters. The molecule has 4 heteroatoms. The molecule has 0 saturated carbocycles. The van der Waals surface area contributed by atoms with Gasteiger partial charge in [0.1, 0.15) is 0 Å². The molecule has 0 bridgehead atoms. The lowest BCUT2D eigenvalue weighted by Crippen LogP contribution is -2.29. The first-order valence-electron chi connectivity index (χ1n) is 5.44. The molecule has 0 fully saturated rings. The van der Waals surface area contributed by atoms with Gasteiger partial charge in [0.25, 0.3) is 0 Å². The minimum Gasteiger partial charge on any atom is -0.340 e. The fraction of sp³-hybridized carbons (Fsp3) is 0.500. The van der Waals surface area contributed by atoms with Crippen LogP contribution in [-0.4, -0.2) is 36.4 Å². The predicted octanol–water partition coefficient (Wildman–Crippen LogP) is 0.958. The zero-order valence-corrected chi connectivity index (χ0v) is 10.2. The van der Waals surface area contributed by atoms with Crippen molar-refractivity contribution in [3.63, 3.8) is 0 Å². The minimum atomic E-state index is 0.137.